The summed E-state index contributed by atoms with van der Waals surface area (Å²) in [5.41, 5.74) is 6.18. The zero-order valence-corrected chi connectivity index (χ0v) is 10.6. The molecule has 0 radical (unpaired) electrons. The fraction of sp³-hybridized carbons (Fsp3) is 0.929. The predicted octanol–water partition coefficient (Wildman–Crippen LogP) is 3.50. The first kappa shape index (κ1) is 11.9. The molecule has 2 unspecified atom stereocenters. The molecule has 0 aromatic heterocycles. The van der Waals surface area contributed by atoms with Gasteiger partial charge in [0, 0.05) is 5.92 Å². The number of hydrogen-bond donors (Lipinski definition) is 1. The van der Waals surface area contributed by atoms with Gasteiger partial charge in [-0.2, -0.15) is 0 Å². The highest BCUT2D eigenvalue weighted by Gasteiger charge is 2.25. The molecule has 0 aromatic rings. The average Bonchev–Trinajstić information content (AvgIpc) is 2.83. The molecule has 2 fully saturated rings. The molecule has 2 heteroatoms. The highest BCUT2D eigenvalue weighted by molar-refractivity contribution is 5.83. The van der Waals surface area contributed by atoms with Gasteiger partial charge in [-0.25, -0.2) is 0 Å². The number of hydrogen-bond acceptors (Lipinski definition) is 1. The maximum Gasteiger partial charge on any atom is 0.0971 e. The van der Waals surface area contributed by atoms with Gasteiger partial charge in [0.25, 0.3) is 0 Å². The van der Waals surface area contributed by atoms with E-state index in [0.29, 0.717) is 12.0 Å². The van der Waals surface area contributed by atoms with Crippen molar-refractivity contribution in [2.75, 3.05) is 0 Å². The predicted molar refractivity (Wildman–Crippen MR) is 69.6 cm³/mol. The van der Waals surface area contributed by atoms with Crippen LogP contribution in [0.2, 0.25) is 0 Å². The van der Waals surface area contributed by atoms with E-state index in [0.717, 1.165) is 11.8 Å². The minimum absolute atomic E-state index is 0.541. The Hall–Kier alpha value is -0.530. The summed E-state index contributed by atoms with van der Waals surface area (Å²) < 4.78 is 0. The smallest absolute Gasteiger partial charge is 0.0971 e. The summed E-state index contributed by atoms with van der Waals surface area (Å²) >= 11 is 0. The molecular formula is C14H26N2. The van der Waals surface area contributed by atoms with Gasteiger partial charge in [0.2, 0.25) is 0 Å². The van der Waals surface area contributed by atoms with E-state index >= 15 is 0 Å². The molecule has 0 amide bonds. The maximum atomic E-state index is 6.18. The molecule has 2 nitrogen and oxygen atoms in total. The van der Waals surface area contributed by atoms with Crippen molar-refractivity contribution in [3.05, 3.63) is 0 Å². The summed E-state index contributed by atoms with van der Waals surface area (Å²) in [6.07, 6.45) is 11.9. The van der Waals surface area contributed by atoms with E-state index in [4.69, 9.17) is 10.7 Å². The SMILES string of the molecule is CCC1CCCCC1N=C(N)C1CCCC1. The van der Waals surface area contributed by atoms with Gasteiger partial charge in [-0.15, -0.1) is 0 Å². The van der Waals surface area contributed by atoms with Gasteiger partial charge >= 0.3 is 0 Å². The molecule has 0 aromatic carbocycles. The molecule has 2 aliphatic carbocycles. The maximum absolute atomic E-state index is 6.18. The van der Waals surface area contributed by atoms with Crippen molar-refractivity contribution >= 4 is 5.84 Å². The minimum Gasteiger partial charge on any atom is -0.387 e. The van der Waals surface area contributed by atoms with Crippen molar-refractivity contribution in [3.63, 3.8) is 0 Å². The summed E-state index contributed by atoms with van der Waals surface area (Å²) in [4.78, 5) is 4.86. The van der Waals surface area contributed by atoms with Gasteiger partial charge in [0.15, 0.2) is 0 Å². The Morgan fingerprint density at radius 2 is 1.69 bits per heavy atom. The molecule has 2 rings (SSSR count). The third-order valence-electron chi connectivity index (χ3n) is 4.48. The van der Waals surface area contributed by atoms with E-state index < -0.39 is 0 Å². The standard InChI is InChI=1S/C14H26N2/c1-2-11-7-5-6-10-13(11)16-14(15)12-8-3-4-9-12/h11-13H,2-10H2,1H3,(H2,15,16). The Balaban J connectivity index is 1.96. The molecule has 0 aliphatic heterocycles. The summed E-state index contributed by atoms with van der Waals surface area (Å²) in [5, 5.41) is 0. The van der Waals surface area contributed by atoms with Crippen LogP contribution in [-0.4, -0.2) is 11.9 Å². The summed E-state index contributed by atoms with van der Waals surface area (Å²) in [5.74, 6) is 2.39. The average molecular weight is 222 g/mol. The number of amidine groups is 1. The first-order valence-electron chi connectivity index (χ1n) is 7.14. The zero-order chi connectivity index (χ0) is 11.4. The highest BCUT2D eigenvalue weighted by Crippen LogP contribution is 2.31. The van der Waals surface area contributed by atoms with Crippen LogP contribution in [0, 0.1) is 11.8 Å². The van der Waals surface area contributed by atoms with Crippen LogP contribution in [0.25, 0.3) is 0 Å². The molecule has 92 valence electrons. The van der Waals surface area contributed by atoms with Crippen LogP contribution >= 0.6 is 0 Å². The second-order valence-corrected chi connectivity index (χ2v) is 5.56. The van der Waals surface area contributed by atoms with Crippen molar-refractivity contribution in [2.45, 2.75) is 70.8 Å². The van der Waals surface area contributed by atoms with E-state index in [9.17, 15) is 0 Å². The molecule has 0 bridgehead atoms. The largest absolute Gasteiger partial charge is 0.387 e. The lowest BCUT2D eigenvalue weighted by molar-refractivity contribution is 0.301. The number of nitrogens with two attached hydrogens (primary N) is 1. The Bertz CT molecular complexity index is 241. The lowest BCUT2D eigenvalue weighted by atomic mass is 9.83. The van der Waals surface area contributed by atoms with Crippen molar-refractivity contribution < 1.29 is 0 Å². The Morgan fingerprint density at radius 1 is 1.06 bits per heavy atom. The van der Waals surface area contributed by atoms with Crippen molar-refractivity contribution in [1.29, 1.82) is 0 Å². The normalized spacial score (nSPS) is 33.2. The van der Waals surface area contributed by atoms with Crippen molar-refractivity contribution in [1.82, 2.24) is 0 Å². The van der Waals surface area contributed by atoms with Crippen molar-refractivity contribution in [3.8, 4) is 0 Å². The number of nitrogens with zero attached hydrogens (tertiary/aromatic N) is 1. The van der Waals surface area contributed by atoms with E-state index in [1.807, 2.05) is 0 Å². The second-order valence-electron chi connectivity index (χ2n) is 5.56. The summed E-state index contributed by atoms with van der Waals surface area (Å²) in [7, 11) is 0. The van der Waals surface area contributed by atoms with Gasteiger partial charge in [-0.3, -0.25) is 4.99 Å². The lowest BCUT2D eigenvalue weighted by Gasteiger charge is -2.28. The fourth-order valence-electron chi connectivity index (χ4n) is 3.35. The molecular weight excluding hydrogens is 196 g/mol. The summed E-state index contributed by atoms with van der Waals surface area (Å²) in [6.45, 7) is 2.30. The van der Waals surface area contributed by atoms with Crippen LogP contribution in [0.3, 0.4) is 0 Å². The highest BCUT2D eigenvalue weighted by atomic mass is 14.9. The molecule has 0 spiro atoms. The van der Waals surface area contributed by atoms with Gasteiger partial charge in [-0.1, -0.05) is 39.0 Å². The second kappa shape index (κ2) is 5.70. The monoisotopic (exact) mass is 222 g/mol. The van der Waals surface area contributed by atoms with Crippen LogP contribution in [0.1, 0.15) is 64.7 Å². The molecule has 2 aliphatic rings. The third kappa shape index (κ3) is 2.78. The van der Waals surface area contributed by atoms with Crippen LogP contribution in [-0.2, 0) is 0 Å². The molecule has 16 heavy (non-hydrogen) atoms. The van der Waals surface area contributed by atoms with E-state index in [1.165, 1.54) is 57.8 Å². The Labute approximate surface area is 99.7 Å². The number of rotatable bonds is 3. The van der Waals surface area contributed by atoms with Crippen LogP contribution in [0.5, 0.6) is 0 Å². The first-order chi connectivity index (χ1) is 7.81. The van der Waals surface area contributed by atoms with Crippen LogP contribution in [0.15, 0.2) is 4.99 Å². The number of aliphatic imine (C=N–C) groups is 1. The Morgan fingerprint density at radius 3 is 2.38 bits per heavy atom. The van der Waals surface area contributed by atoms with Crippen molar-refractivity contribution in [2.24, 2.45) is 22.6 Å². The zero-order valence-electron chi connectivity index (χ0n) is 10.6. The first-order valence-corrected chi connectivity index (χ1v) is 7.14. The molecule has 0 heterocycles. The third-order valence-corrected chi connectivity index (χ3v) is 4.48. The van der Waals surface area contributed by atoms with Gasteiger partial charge in [0.05, 0.1) is 11.9 Å². The van der Waals surface area contributed by atoms with E-state index in [-0.39, 0.29) is 0 Å². The van der Waals surface area contributed by atoms with Gasteiger partial charge in [0.1, 0.15) is 0 Å². The minimum atomic E-state index is 0.541. The molecule has 2 saturated carbocycles. The lowest BCUT2D eigenvalue weighted by Crippen LogP contribution is -2.29. The topological polar surface area (TPSA) is 38.4 Å². The molecule has 0 saturated heterocycles. The van der Waals surface area contributed by atoms with Gasteiger partial charge in [-0.05, 0) is 31.6 Å². The van der Waals surface area contributed by atoms with Crippen LogP contribution < -0.4 is 5.73 Å². The van der Waals surface area contributed by atoms with E-state index in [1.54, 1.807) is 0 Å². The Kier molecular flexibility index (Phi) is 4.25. The molecule has 2 N–H and O–H groups in total. The summed E-state index contributed by atoms with van der Waals surface area (Å²) in [6, 6.07) is 0.541. The van der Waals surface area contributed by atoms with E-state index in [2.05, 4.69) is 6.92 Å². The fourth-order valence-corrected chi connectivity index (χ4v) is 3.35. The van der Waals surface area contributed by atoms with Gasteiger partial charge < -0.3 is 5.73 Å². The quantitative estimate of drug-likeness (QED) is 0.576. The van der Waals surface area contributed by atoms with Crippen LogP contribution in [0.4, 0.5) is 0 Å². The molecule has 2 atom stereocenters.